The van der Waals surface area contributed by atoms with E-state index in [2.05, 4.69) is 4.98 Å². The first-order valence-corrected chi connectivity index (χ1v) is 4.17. The molecule has 1 amide bonds. The van der Waals surface area contributed by atoms with Crippen molar-refractivity contribution in [3.63, 3.8) is 0 Å². The maximum Gasteiger partial charge on any atom is 0.280 e. The highest BCUT2D eigenvalue weighted by atomic mass is 35.5. The Hall–Kier alpha value is -1.43. The van der Waals surface area contributed by atoms with Crippen molar-refractivity contribution < 1.29 is 18.3 Å². The Kier molecular flexibility index (Phi) is 3.41. The van der Waals surface area contributed by atoms with Gasteiger partial charge in [-0.3, -0.25) is 4.79 Å². The lowest BCUT2D eigenvalue weighted by atomic mass is 10.2. The van der Waals surface area contributed by atoms with Gasteiger partial charge in [0.25, 0.3) is 12.3 Å². The van der Waals surface area contributed by atoms with Gasteiger partial charge in [-0.1, -0.05) is 11.6 Å². The number of aromatic nitrogens is 1. The number of carbonyl (C=O) groups is 1. The summed E-state index contributed by atoms with van der Waals surface area (Å²) in [6.07, 6.45) is -2.83. The van der Waals surface area contributed by atoms with Crippen LogP contribution in [0.25, 0.3) is 0 Å². The van der Waals surface area contributed by atoms with E-state index in [-0.39, 0.29) is 10.8 Å². The van der Waals surface area contributed by atoms with Crippen molar-refractivity contribution in [3.05, 3.63) is 22.5 Å². The highest BCUT2D eigenvalue weighted by molar-refractivity contribution is 6.32. The van der Waals surface area contributed by atoms with Crippen molar-refractivity contribution >= 4 is 17.5 Å². The van der Waals surface area contributed by atoms with Crippen LogP contribution >= 0.6 is 11.6 Å². The third-order valence-corrected chi connectivity index (χ3v) is 1.89. The van der Waals surface area contributed by atoms with Gasteiger partial charge in [0, 0.05) is 0 Å². The molecule has 0 aliphatic heterocycles. The van der Waals surface area contributed by atoms with Crippen molar-refractivity contribution in [2.45, 2.75) is 6.43 Å². The molecule has 0 fully saturated rings. The van der Waals surface area contributed by atoms with Crippen molar-refractivity contribution in [3.8, 4) is 5.75 Å². The smallest absolute Gasteiger partial charge is 0.280 e. The molecule has 15 heavy (non-hydrogen) atoms. The maximum atomic E-state index is 12.3. The largest absolute Gasteiger partial charge is 0.493 e. The maximum absolute atomic E-state index is 12.3. The second-order valence-corrected chi connectivity index (χ2v) is 2.98. The number of rotatable bonds is 3. The lowest BCUT2D eigenvalue weighted by molar-refractivity contribution is 0.0990. The molecule has 0 saturated carbocycles. The minimum absolute atomic E-state index is 0.103. The van der Waals surface area contributed by atoms with Crippen LogP contribution in [0.15, 0.2) is 6.07 Å². The minimum Gasteiger partial charge on any atom is -0.493 e. The highest BCUT2D eigenvalue weighted by Crippen LogP contribution is 2.30. The van der Waals surface area contributed by atoms with E-state index in [4.69, 9.17) is 22.1 Å². The molecule has 1 heterocycles. The number of nitrogens with zero attached hydrogens (tertiary/aromatic N) is 1. The molecule has 0 spiro atoms. The zero-order valence-electron chi connectivity index (χ0n) is 7.63. The van der Waals surface area contributed by atoms with Crippen LogP contribution in [-0.4, -0.2) is 18.0 Å². The van der Waals surface area contributed by atoms with Crippen LogP contribution in [0.5, 0.6) is 5.75 Å². The number of carbonyl (C=O) groups excluding carboxylic acids is 1. The molecular formula is C8H7ClF2N2O2. The standard InChI is InChI=1S/C8H7ClF2N2O2/c1-15-6-3(9)2-4(7(10)11)13-5(6)8(12)14/h2,7H,1H3,(H2,12,14). The average Bonchev–Trinajstić information content (AvgIpc) is 2.16. The van der Waals surface area contributed by atoms with E-state index in [1.165, 1.54) is 7.11 Å². The Bertz CT molecular complexity index is 398. The number of methoxy groups -OCH3 is 1. The summed E-state index contributed by atoms with van der Waals surface area (Å²) in [6, 6.07) is 0.928. The Morgan fingerprint density at radius 3 is 2.67 bits per heavy atom. The van der Waals surface area contributed by atoms with Crippen LogP contribution in [0.1, 0.15) is 22.6 Å². The van der Waals surface area contributed by atoms with Crippen LogP contribution in [0.3, 0.4) is 0 Å². The summed E-state index contributed by atoms with van der Waals surface area (Å²) in [7, 11) is 1.23. The van der Waals surface area contributed by atoms with Gasteiger partial charge in [0.1, 0.15) is 5.69 Å². The number of hydrogen-bond acceptors (Lipinski definition) is 3. The molecule has 0 aliphatic carbocycles. The molecule has 0 aliphatic rings. The lowest BCUT2D eigenvalue weighted by Gasteiger charge is -2.08. The van der Waals surface area contributed by atoms with E-state index in [1.54, 1.807) is 0 Å². The number of pyridine rings is 1. The SMILES string of the molecule is COc1c(Cl)cc(C(F)F)nc1C(N)=O. The third kappa shape index (κ3) is 2.33. The fraction of sp³-hybridized carbons (Fsp3) is 0.250. The molecule has 0 bridgehead atoms. The lowest BCUT2D eigenvalue weighted by Crippen LogP contribution is -2.16. The molecule has 0 aromatic carbocycles. The number of halogens is 3. The number of amides is 1. The molecule has 82 valence electrons. The predicted molar refractivity (Wildman–Crippen MR) is 49.3 cm³/mol. The van der Waals surface area contributed by atoms with Crippen LogP contribution in [0.4, 0.5) is 8.78 Å². The van der Waals surface area contributed by atoms with Gasteiger partial charge in [0.2, 0.25) is 0 Å². The molecule has 0 unspecified atom stereocenters. The average molecular weight is 237 g/mol. The molecule has 7 heteroatoms. The van der Waals surface area contributed by atoms with Gasteiger partial charge >= 0.3 is 0 Å². The Balaban J connectivity index is 3.38. The quantitative estimate of drug-likeness (QED) is 0.870. The van der Waals surface area contributed by atoms with Crippen LogP contribution in [-0.2, 0) is 0 Å². The molecular weight excluding hydrogens is 230 g/mol. The first-order chi connectivity index (χ1) is 6.97. The van der Waals surface area contributed by atoms with E-state index in [0.29, 0.717) is 0 Å². The van der Waals surface area contributed by atoms with Crippen LogP contribution in [0.2, 0.25) is 5.02 Å². The predicted octanol–water partition coefficient (Wildman–Crippen LogP) is 1.78. The van der Waals surface area contributed by atoms with Crippen molar-refractivity contribution in [2.75, 3.05) is 7.11 Å². The topological polar surface area (TPSA) is 65.2 Å². The van der Waals surface area contributed by atoms with E-state index in [1.807, 2.05) is 0 Å². The van der Waals surface area contributed by atoms with Gasteiger partial charge in [-0.2, -0.15) is 0 Å². The van der Waals surface area contributed by atoms with Gasteiger partial charge in [-0.05, 0) is 6.07 Å². The summed E-state index contributed by atoms with van der Waals surface area (Å²) < 4.78 is 29.4. The molecule has 0 radical (unpaired) electrons. The first-order valence-electron chi connectivity index (χ1n) is 3.79. The van der Waals surface area contributed by atoms with Crippen LogP contribution < -0.4 is 10.5 Å². The summed E-state index contributed by atoms with van der Waals surface area (Å²) in [4.78, 5) is 14.3. The van der Waals surface area contributed by atoms with Crippen molar-refractivity contribution in [1.29, 1.82) is 0 Å². The normalized spacial score (nSPS) is 10.5. The van der Waals surface area contributed by atoms with Gasteiger partial charge in [0.05, 0.1) is 12.1 Å². The zero-order valence-corrected chi connectivity index (χ0v) is 8.39. The molecule has 2 N–H and O–H groups in total. The fourth-order valence-electron chi connectivity index (χ4n) is 0.994. The molecule has 1 aromatic heterocycles. The van der Waals surface area contributed by atoms with Gasteiger partial charge < -0.3 is 10.5 Å². The Labute approximate surface area is 89.0 Å². The number of ether oxygens (including phenoxy) is 1. The molecule has 0 atom stereocenters. The Morgan fingerprint density at radius 1 is 1.67 bits per heavy atom. The van der Waals surface area contributed by atoms with Gasteiger partial charge in [0.15, 0.2) is 11.4 Å². The van der Waals surface area contributed by atoms with Gasteiger partial charge in [-0.25, -0.2) is 13.8 Å². The molecule has 1 aromatic rings. The van der Waals surface area contributed by atoms with Crippen molar-refractivity contribution in [1.82, 2.24) is 4.98 Å². The Morgan fingerprint density at radius 2 is 2.27 bits per heavy atom. The minimum atomic E-state index is -2.83. The summed E-state index contributed by atoms with van der Waals surface area (Å²) >= 11 is 5.62. The second kappa shape index (κ2) is 4.39. The number of primary amides is 1. The third-order valence-electron chi connectivity index (χ3n) is 1.61. The van der Waals surface area contributed by atoms with E-state index in [9.17, 15) is 13.6 Å². The van der Waals surface area contributed by atoms with Crippen molar-refractivity contribution in [2.24, 2.45) is 5.73 Å². The molecule has 0 saturated heterocycles. The van der Waals surface area contributed by atoms with E-state index >= 15 is 0 Å². The number of nitrogens with two attached hydrogens (primary N) is 1. The van der Waals surface area contributed by atoms with E-state index in [0.717, 1.165) is 6.07 Å². The van der Waals surface area contributed by atoms with Gasteiger partial charge in [-0.15, -0.1) is 0 Å². The molecule has 4 nitrogen and oxygen atoms in total. The summed E-state index contributed by atoms with van der Waals surface area (Å²) in [5.41, 5.74) is 3.92. The zero-order chi connectivity index (χ0) is 11.6. The molecule has 1 rings (SSSR count). The van der Waals surface area contributed by atoms with E-state index < -0.39 is 23.7 Å². The fourth-order valence-corrected chi connectivity index (χ4v) is 1.27. The summed E-state index contributed by atoms with van der Waals surface area (Å²) in [5.74, 6) is -1.08. The highest BCUT2D eigenvalue weighted by Gasteiger charge is 2.20. The monoisotopic (exact) mass is 236 g/mol. The first kappa shape index (κ1) is 11.6. The summed E-state index contributed by atoms with van der Waals surface area (Å²) in [5, 5.41) is -0.128. The number of hydrogen-bond donors (Lipinski definition) is 1. The van der Waals surface area contributed by atoms with Crippen LogP contribution in [0, 0.1) is 0 Å². The summed E-state index contributed by atoms with van der Waals surface area (Å²) in [6.45, 7) is 0. The number of alkyl halides is 2. The second-order valence-electron chi connectivity index (χ2n) is 2.58.